The molecule has 27 heavy (non-hydrogen) atoms. The SMILES string of the molecule is CCc1cn(Cc2ccc(F)cc2B2OC(C)(C)C(C)(C)O2)c(=O)[nH]c1=O. The number of halogens is 1. The predicted octanol–water partition coefficient (Wildman–Crippen LogP) is 1.59. The Morgan fingerprint density at radius 1 is 1.11 bits per heavy atom. The minimum atomic E-state index is -0.746. The Labute approximate surface area is 157 Å². The van der Waals surface area contributed by atoms with Crippen LogP contribution in [0.25, 0.3) is 0 Å². The van der Waals surface area contributed by atoms with Crippen LogP contribution in [0.15, 0.2) is 34.0 Å². The third kappa shape index (κ3) is 3.64. The Morgan fingerprint density at radius 3 is 2.33 bits per heavy atom. The van der Waals surface area contributed by atoms with Gasteiger partial charge in [-0.3, -0.25) is 14.3 Å². The van der Waals surface area contributed by atoms with Crippen LogP contribution in [-0.2, 0) is 22.3 Å². The van der Waals surface area contributed by atoms with E-state index < -0.39 is 29.8 Å². The second-order valence-electron chi connectivity index (χ2n) is 7.83. The molecule has 8 heteroatoms. The van der Waals surface area contributed by atoms with Gasteiger partial charge >= 0.3 is 12.8 Å². The van der Waals surface area contributed by atoms with Crippen LogP contribution in [0.1, 0.15) is 45.7 Å². The molecular weight excluding hydrogens is 350 g/mol. The minimum absolute atomic E-state index is 0.169. The van der Waals surface area contributed by atoms with E-state index in [1.165, 1.54) is 16.7 Å². The highest BCUT2D eigenvalue weighted by molar-refractivity contribution is 6.62. The van der Waals surface area contributed by atoms with Crippen molar-refractivity contribution in [3.63, 3.8) is 0 Å². The number of hydrogen-bond donors (Lipinski definition) is 1. The molecule has 0 radical (unpaired) electrons. The fourth-order valence-corrected chi connectivity index (χ4v) is 3.01. The molecule has 0 amide bonds. The first kappa shape index (κ1) is 19.6. The highest BCUT2D eigenvalue weighted by Gasteiger charge is 2.52. The Hall–Kier alpha value is -2.19. The summed E-state index contributed by atoms with van der Waals surface area (Å²) in [5.74, 6) is -0.411. The van der Waals surface area contributed by atoms with E-state index in [1.54, 1.807) is 12.3 Å². The normalized spacial score (nSPS) is 18.1. The number of H-pyrrole nitrogens is 1. The van der Waals surface area contributed by atoms with Crippen molar-refractivity contribution < 1.29 is 13.7 Å². The fourth-order valence-electron chi connectivity index (χ4n) is 3.01. The molecule has 1 aliphatic rings. The van der Waals surface area contributed by atoms with Gasteiger partial charge in [0.15, 0.2) is 0 Å². The van der Waals surface area contributed by atoms with Crippen molar-refractivity contribution in [2.45, 2.75) is 58.8 Å². The molecule has 1 N–H and O–H groups in total. The van der Waals surface area contributed by atoms with Gasteiger partial charge in [-0.05, 0) is 57.3 Å². The number of hydrogen-bond acceptors (Lipinski definition) is 4. The van der Waals surface area contributed by atoms with Crippen molar-refractivity contribution in [2.24, 2.45) is 0 Å². The van der Waals surface area contributed by atoms with Crippen LogP contribution in [0.2, 0.25) is 0 Å². The third-order valence-electron chi connectivity index (χ3n) is 5.42. The molecule has 1 aromatic heterocycles. The van der Waals surface area contributed by atoms with Crippen molar-refractivity contribution in [2.75, 3.05) is 0 Å². The maximum atomic E-state index is 13.9. The molecule has 1 fully saturated rings. The number of nitrogens with one attached hydrogen (secondary N) is 1. The molecule has 0 aliphatic carbocycles. The summed E-state index contributed by atoms with van der Waals surface area (Å²) in [4.78, 5) is 26.3. The Kier molecular flexibility index (Phi) is 4.90. The monoisotopic (exact) mass is 374 g/mol. The second kappa shape index (κ2) is 6.76. The summed E-state index contributed by atoms with van der Waals surface area (Å²) in [7, 11) is -0.746. The standard InChI is InChI=1S/C19H24BFN2O4/c1-6-12-10-23(17(25)22-16(12)24)11-13-7-8-14(21)9-15(13)20-26-18(2,3)19(4,5)27-20/h7-10H,6,11H2,1-5H3,(H,22,24,25). The number of nitrogens with zero attached hydrogens (tertiary/aromatic N) is 1. The van der Waals surface area contributed by atoms with Crippen molar-refractivity contribution in [3.05, 3.63) is 62.2 Å². The van der Waals surface area contributed by atoms with E-state index in [-0.39, 0.29) is 12.1 Å². The Morgan fingerprint density at radius 2 is 1.74 bits per heavy atom. The van der Waals surface area contributed by atoms with Gasteiger partial charge in [0.2, 0.25) is 0 Å². The van der Waals surface area contributed by atoms with Gasteiger partial charge < -0.3 is 9.31 Å². The van der Waals surface area contributed by atoms with Crippen molar-refractivity contribution in [1.29, 1.82) is 0 Å². The zero-order valence-corrected chi connectivity index (χ0v) is 16.3. The molecule has 0 bridgehead atoms. The Bertz CT molecular complexity index is 964. The molecule has 6 nitrogen and oxygen atoms in total. The number of rotatable bonds is 4. The summed E-state index contributed by atoms with van der Waals surface area (Å²) < 4.78 is 27.4. The molecule has 1 aliphatic heterocycles. The molecule has 2 aromatic rings. The van der Waals surface area contributed by atoms with E-state index in [0.717, 1.165) is 0 Å². The maximum absolute atomic E-state index is 13.9. The molecule has 0 atom stereocenters. The van der Waals surface area contributed by atoms with Crippen LogP contribution < -0.4 is 16.7 Å². The number of benzene rings is 1. The molecule has 1 aromatic carbocycles. The van der Waals surface area contributed by atoms with Gasteiger partial charge in [0, 0.05) is 11.8 Å². The molecule has 0 unspecified atom stereocenters. The molecular formula is C19H24BFN2O4. The van der Waals surface area contributed by atoms with Gasteiger partial charge in [-0.15, -0.1) is 0 Å². The summed E-state index contributed by atoms with van der Waals surface area (Å²) in [5.41, 5.74) is -0.299. The lowest BCUT2D eigenvalue weighted by atomic mass is 9.75. The number of aryl methyl sites for hydroxylation is 1. The molecule has 0 spiro atoms. The van der Waals surface area contributed by atoms with E-state index in [4.69, 9.17) is 9.31 Å². The average molecular weight is 374 g/mol. The summed E-state index contributed by atoms with van der Waals surface area (Å²) in [5, 5.41) is 0. The summed E-state index contributed by atoms with van der Waals surface area (Å²) in [6.07, 6.45) is 2.04. The minimum Gasteiger partial charge on any atom is -0.399 e. The first-order valence-corrected chi connectivity index (χ1v) is 9.00. The van der Waals surface area contributed by atoms with Crippen LogP contribution in [0.3, 0.4) is 0 Å². The van der Waals surface area contributed by atoms with Gasteiger partial charge in [-0.25, -0.2) is 9.18 Å². The largest absolute Gasteiger partial charge is 0.495 e. The smallest absolute Gasteiger partial charge is 0.399 e. The van der Waals surface area contributed by atoms with Gasteiger partial charge in [-0.1, -0.05) is 13.0 Å². The third-order valence-corrected chi connectivity index (χ3v) is 5.42. The van der Waals surface area contributed by atoms with Crippen molar-refractivity contribution in [1.82, 2.24) is 9.55 Å². The van der Waals surface area contributed by atoms with Crippen molar-refractivity contribution in [3.8, 4) is 0 Å². The lowest BCUT2D eigenvalue weighted by Crippen LogP contribution is -2.41. The molecule has 144 valence electrons. The van der Waals surface area contributed by atoms with E-state index in [2.05, 4.69) is 4.98 Å². The van der Waals surface area contributed by atoms with Crippen LogP contribution in [0.4, 0.5) is 4.39 Å². The predicted molar refractivity (Wildman–Crippen MR) is 102 cm³/mol. The van der Waals surface area contributed by atoms with E-state index in [9.17, 15) is 14.0 Å². The van der Waals surface area contributed by atoms with E-state index >= 15 is 0 Å². The van der Waals surface area contributed by atoms with Gasteiger partial charge in [0.05, 0.1) is 17.7 Å². The first-order chi connectivity index (χ1) is 12.5. The topological polar surface area (TPSA) is 73.3 Å². The lowest BCUT2D eigenvalue weighted by molar-refractivity contribution is 0.00578. The summed E-state index contributed by atoms with van der Waals surface area (Å²) >= 11 is 0. The van der Waals surface area contributed by atoms with Crippen molar-refractivity contribution >= 4 is 12.6 Å². The van der Waals surface area contributed by atoms with Gasteiger partial charge in [0.25, 0.3) is 5.56 Å². The second-order valence-corrected chi connectivity index (χ2v) is 7.83. The van der Waals surface area contributed by atoms with Crippen LogP contribution in [0, 0.1) is 5.82 Å². The van der Waals surface area contributed by atoms with Crippen LogP contribution >= 0.6 is 0 Å². The zero-order valence-electron chi connectivity index (χ0n) is 16.3. The van der Waals surface area contributed by atoms with Gasteiger partial charge in [0.1, 0.15) is 5.82 Å². The first-order valence-electron chi connectivity index (χ1n) is 9.00. The highest BCUT2D eigenvalue weighted by atomic mass is 19.1. The van der Waals surface area contributed by atoms with Crippen LogP contribution in [0.5, 0.6) is 0 Å². The number of aromatic amines is 1. The highest BCUT2D eigenvalue weighted by Crippen LogP contribution is 2.36. The molecule has 1 saturated heterocycles. The van der Waals surface area contributed by atoms with E-state index in [1.807, 2.05) is 34.6 Å². The molecule has 3 rings (SSSR count). The zero-order chi connectivity index (χ0) is 20.0. The Balaban J connectivity index is 2.02. The molecule has 0 saturated carbocycles. The molecule has 2 heterocycles. The fraction of sp³-hybridized carbons (Fsp3) is 0.474. The lowest BCUT2D eigenvalue weighted by Gasteiger charge is -2.32. The van der Waals surface area contributed by atoms with Crippen LogP contribution in [-0.4, -0.2) is 27.9 Å². The quantitative estimate of drug-likeness (QED) is 0.825. The average Bonchev–Trinajstić information content (AvgIpc) is 2.79. The maximum Gasteiger partial charge on any atom is 0.495 e. The number of aromatic nitrogens is 2. The van der Waals surface area contributed by atoms with Gasteiger partial charge in [-0.2, -0.15) is 0 Å². The summed E-state index contributed by atoms with van der Waals surface area (Å²) in [6.45, 7) is 9.70. The summed E-state index contributed by atoms with van der Waals surface area (Å²) in [6, 6.07) is 4.31. The van der Waals surface area contributed by atoms with E-state index in [0.29, 0.717) is 23.0 Å².